The van der Waals surface area contributed by atoms with Crippen molar-refractivity contribution in [3.05, 3.63) is 23.3 Å². The zero-order valence-electron chi connectivity index (χ0n) is 14.1. The van der Waals surface area contributed by atoms with Gasteiger partial charge in [-0.25, -0.2) is 8.42 Å². The number of fused-ring (bicyclic) bond motifs is 2. The third kappa shape index (κ3) is 2.94. The number of sulfonamides is 1. The molecule has 0 bridgehead atoms. The smallest absolute Gasteiger partial charge is 0.211 e. The summed E-state index contributed by atoms with van der Waals surface area (Å²) < 4.78 is 36.8. The molecule has 1 heterocycles. The van der Waals surface area contributed by atoms with E-state index < -0.39 is 10.0 Å². The molecular weight excluding hydrogens is 314 g/mol. The van der Waals surface area contributed by atoms with Gasteiger partial charge in [0.25, 0.3) is 0 Å². The Balaban J connectivity index is 2.15. The second-order valence-corrected chi connectivity index (χ2v) is 8.72. The largest absolute Gasteiger partial charge is 0.493 e. The number of nitrogens with zero attached hydrogens (tertiary/aromatic N) is 1. The van der Waals surface area contributed by atoms with Crippen LogP contribution in [0.3, 0.4) is 0 Å². The fourth-order valence-electron chi connectivity index (χ4n) is 4.10. The van der Waals surface area contributed by atoms with Crippen molar-refractivity contribution in [1.29, 1.82) is 0 Å². The van der Waals surface area contributed by atoms with Crippen LogP contribution in [0.25, 0.3) is 0 Å². The average molecular weight is 339 g/mol. The summed E-state index contributed by atoms with van der Waals surface area (Å²) in [7, 11) is 0.0333. The first-order valence-electron chi connectivity index (χ1n) is 8.10. The monoisotopic (exact) mass is 339 g/mol. The van der Waals surface area contributed by atoms with Gasteiger partial charge in [0, 0.05) is 18.5 Å². The van der Waals surface area contributed by atoms with E-state index in [0.717, 1.165) is 37.0 Å². The number of methoxy groups -OCH3 is 2. The van der Waals surface area contributed by atoms with E-state index in [4.69, 9.17) is 9.47 Å². The Hall–Kier alpha value is -1.27. The van der Waals surface area contributed by atoms with E-state index >= 15 is 0 Å². The van der Waals surface area contributed by atoms with Crippen LogP contribution in [0.4, 0.5) is 0 Å². The molecule has 0 amide bonds. The minimum absolute atomic E-state index is 0.0888. The Morgan fingerprint density at radius 3 is 2.22 bits per heavy atom. The molecule has 1 aromatic rings. The van der Waals surface area contributed by atoms with Gasteiger partial charge < -0.3 is 9.47 Å². The van der Waals surface area contributed by atoms with Crippen molar-refractivity contribution in [2.75, 3.05) is 27.0 Å². The summed E-state index contributed by atoms with van der Waals surface area (Å²) in [5, 5.41) is 0. The lowest BCUT2D eigenvalue weighted by Crippen LogP contribution is -2.48. The fraction of sp³-hybridized carbons (Fsp3) is 0.647. The third-order valence-electron chi connectivity index (χ3n) is 5.29. The molecular formula is C17H25NO4S. The standard InChI is InChI=1S/C17H25NO4S/c1-21-15-9-13-11-18(23(3,19)20)12-17(7-5-4-6-8-17)14(13)10-16(15)22-2/h9-10H,4-8,11-12H2,1-3H3. The first-order valence-corrected chi connectivity index (χ1v) is 9.95. The third-order valence-corrected chi connectivity index (χ3v) is 6.48. The van der Waals surface area contributed by atoms with Crippen LogP contribution in [0.1, 0.15) is 43.2 Å². The molecule has 1 aliphatic carbocycles. The Kier molecular flexibility index (Phi) is 4.31. The van der Waals surface area contributed by atoms with Gasteiger partial charge in [-0.3, -0.25) is 0 Å². The molecule has 0 radical (unpaired) electrons. The molecule has 1 fully saturated rings. The lowest BCUT2D eigenvalue weighted by Gasteiger charge is -2.46. The molecule has 1 aliphatic heterocycles. The molecule has 0 N–H and O–H groups in total. The Morgan fingerprint density at radius 1 is 1.04 bits per heavy atom. The van der Waals surface area contributed by atoms with Gasteiger partial charge in [0.15, 0.2) is 11.5 Å². The predicted octanol–water partition coefficient (Wildman–Crippen LogP) is 2.68. The van der Waals surface area contributed by atoms with Gasteiger partial charge in [-0.1, -0.05) is 19.3 Å². The molecule has 1 aromatic carbocycles. The Labute approximate surface area is 138 Å². The van der Waals surface area contributed by atoms with E-state index in [9.17, 15) is 8.42 Å². The van der Waals surface area contributed by atoms with Crippen molar-refractivity contribution >= 4 is 10.0 Å². The molecule has 6 heteroatoms. The van der Waals surface area contributed by atoms with Crippen molar-refractivity contribution in [2.24, 2.45) is 0 Å². The molecule has 2 aliphatic rings. The van der Waals surface area contributed by atoms with Gasteiger partial charge >= 0.3 is 0 Å². The minimum atomic E-state index is -3.22. The molecule has 0 aromatic heterocycles. The van der Waals surface area contributed by atoms with E-state index in [2.05, 4.69) is 6.07 Å². The van der Waals surface area contributed by atoms with Crippen LogP contribution in [-0.4, -0.2) is 39.7 Å². The van der Waals surface area contributed by atoms with E-state index in [1.165, 1.54) is 18.2 Å². The van der Waals surface area contributed by atoms with Gasteiger partial charge in [0.2, 0.25) is 10.0 Å². The van der Waals surface area contributed by atoms with Gasteiger partial charge in [-0.2, -0.15) is 4.31 Å². The molecule has 1 spiro atoms. The van der Waals surface area contributed by atoms with Crippen molar-refractivity contribution in [2.45, 2.75) is 44.1 Å². The summed E-state index contributed by atoms with van der Waals surface area (Å²) in [5.74, 6) is 1.39. The molecule has 0 saturated heterocycles. The highest BCUT2D eigenvalue weighted by atomic mass is 32.2. The number of ether oxygens (including phenoxy) is 2. The SMILES string of the molecule is COc1cc2c(cc1OC)C1(CCCCC1)CN(S(C)(=O)=O)C2. The molecule has 5 nitrogen and oxygen atoms in total. The summed E-state index contributed by atoms with van der Waals surface area (Å²) in [4.78, 5) is 0. The topological polar surface area (TPSA) is 55.8 Å². The number of hydrogen-bond donors (Lipinski definition) is 0. The summed E-state index contributed by atoms with van der Waals surface area (Å²) >= 11 is 0. The summed E-state index contributed by atoms with van der Waals surface area (Å²) in [5.41, 5.74) is 2.20. The van der Waals surface area contributed by atoms with E-state index in [0.29, 0.717) is 18.8 Å². The van der Waals surface area contributed by atoms with Crippen LogP contribution in [-0.2, 0) is 22.0 Å². The maximum atomic E-state index is 12.2. The van der Waals surface area contributed by atoms with E-state index in [1.807, 2.05) is 6.07 Å². The minimum Gasteiger partial charge on any atom is -0.493 e. The van der Waals surface area contributed by atoms with E-state index in [-0.39, 0.29) is 5.41 Å². The summed E-state index contributed by atoms with van der Waals surface area (Å²) in [6.07, 6.45) is 6.87. The second-order valence-electron chi connectivity index (χ2n) is 6.74. The normalized spacial score (nSPS) is 21.0. The lowest BCUT2D eigenvalue weighted by atomic mass is 9.66. The molecule has 128 valence electrons. The van der Waals surface area contributed by atoms with Gasteiger partial charge in [-0.15, -0.1) is 0 Å². The van der Waals surface area contributed by atoms with E-state index in [1.54, 1.807) is 18.5 Å². The Morgan fingerprint density at radius 2 is 1.65 bits per heavy atom. The van der Waals surface area contributed by atoms with Crippen molar-refractivity contribution < 1.29 is 17.9 Å². The fourth-order valence-corrected chi connectivity index (χ4v) is 4.96. The lowest BCUT2D eigenvalue weighted by molar-refractivity contribution is 0.205. The van der Waals surface area contributed by atoms with Gasteiger partial charge in [0.05, 0.1) is 20.5 Å². The molecule has 23 heavy (non-hydrogen) atoms. The highest BCUT2D eigenvalue weighted by Gasteiger charge is 2.43. The first kappa shape index (κ1) is 16.6. The van der Waals surface area contributed by atoms with Gasteiger partial charge in [0.1, 0.15) is 0 Å². The van der Waals surface area contributed by atoms with Crippen molar-refractivity contribution in [1.82, 2.24) is 4.31 Å². The Bertz CT molecular complexity index is 693. The van der Waals surface area contributed by atoms with Crippen LogP contribution in [0.2, 0.25) is 0 Å². The zero-order valence-corrected chi connectivity index (χ0v) is 14.9. The average Bonchev–Trinajstić information content (AvgIpc) is 2.53. The predicted molar refractivity (Wildman–Crippen MR) is 89.6 cm³/mol. The van der Waals surface area contributed by atoms with Crippen molar-refractivity contribution in [3.63, 3.8) is 0 Å². The van der Waals surface area contributed by atoms with Gasteiger partial charge in [-0.05, 0) is 36.1 Å². The maximum absolute atomic E-state index is 12.2. The number of hydrogen-bond acceptors (Lipinski definition) is 4. The van der Waals surface area contributed by atoms with Crippen LogP contribution < -0.4 is 9.47 Å². The van der Waals surface area contributed by atoms with Crippen molar-refractivity contribution in [3.8, 4) is 11.5 Å². The summed E-state index contributed by atoms with van der Waals surface area (Å²) in [6, 6.07) is 4.01. The quantitative estimate of drug-likeness (QED) is 0.849. The molecule has 1 saturated carbocycles. The van der Waals surface area contributed by atoms with Crippen LogP contribution in [0, 0.1) is 0 Å². The molecule has 3 rings (SSSR count). The van der Waals surface area contributed by atoms with Crippen LogP contribution >= 0.6 is 0 Å². The zero-order chi connectivity index (χ0) is 16.7. The molecule has 0 atom stereocenters. The number of rotatable bonds is 3. The van der Waals surface area contributed by atoms with Crippen LogP contribution in [0.5, 0.6) is 11.5 Å². The first-order chi connectivity index (χ1) is 10.9. The summed E-state index contributed by atoms with van der Waals surface area (Å²) in [6.45, 7) is 0.991. The maximum Gasteiger partial charge on any atom is 0.211 e. The highest BCUT2D eigenvalue weighted by Crippen LogP contribution is 2.47. The molecule has 0 unspecified atom stereocenters. The second kappa shape index (κ2) is 5.98. The van der Waals surface area contributed by atoms with Crippen LogP contribution in [0.15, 0.2) is 12.1 Å². The number of benzene rings is 1. The highest BCUT2D eigenvalue weighted by molar-refractivity contribution is 7.88.